The number of halogens is 1. The minimum atomic E-state index is -0.331. The van der Waals surface area contributed by atoms with Gasteiger partial charge in [0, 0.05) is 31.9 Å². The molecule has 0 saturated heterocycles. The van der Waals surface area contributed by atoms with E-state index in [2.05, 4.69) is 17.3 Å². The second-order valence-corrected chi connectivity index (χ2v) is 4.70. The Labute approximate surface area is 118 Å². The molecule has 0 aliphatic carbocycles. The fourth-order valence-electron chi connectivity index (χ4n) is 2.19. The number of methoxy groups -OCH3 is 1. The summed E-state index contributed by atoms with van der Waals surface area (Å²) in [5, 5.41) is 7.70. The lowest BCUT2D eigenvalue weighted by Crippen LogP contribution is -2.13. The minimum absolute atomic E-state index is 0.272. The average Bonchev–Trinajstić information content (AvgIpc) is 2.79. The van der Waals surface area contributed by atoms with Gasteiger partial charge >= 0.3 is 0 Å². The zero-order chi connectivity index (χ0) is 14.5. The van der Waals surface area contributed by atoms with Crippen molar-refractivity contribution >= 4 is 0 Å². The number of ether oxygens (including phenoxy) is 1. The summed E-state index contributed by atoms with van der Waals surface area (Å²) in [6, 6.07) is 5.00. The number of aromatic nitrogens is 2. The summed E-state index contributed by atoms with van der Waals surface area (Å²) >= 11 is 0. The normalized spacial score (nSPS) is 10.8. The first-order valence-corrected chi connectivity index (χ1v) is 6.68. The number of aryl methyl sites for hydroxylation is 2. The molecule has 0 atom stereocenters. The largest absolute Gasteiger partial charge is 0.494 e. The molecule has 0 aliphatic heterocycles. The Bertz CT molecular complexity index is 580. The molecule has 1 N–H and O–H groups in total. The van der Waals surface area contributed by atoms with Crippen LogP contribution in [0.1, 0.15) is 23.7 Å². The molecule has 108 valence electrons. The van der Waals surface area contributed by atoms with Crippen LogP contribution in [0.3, 0.4) is 0 Å². The van der Waals surface area contributed by atoms with Crippen LogP contribution in [0.15, 0.2) is 24.4 Å². The summed E-state index contributed by atoms with van der Waals surface area (Å²) in [6.45, 7) is 3.42. The third kappa shape index (κ3) is 3.36. The van der Waals surface area contributed by atoms with Crippen LogP contribution in [0.4, 0.5) is 4.39 Å². The highest BCUT2D eigenvalue weighted by Gasteiger charge is 2.06. The Morgan fingerprint density at radius 3 is 2.80 bits per heavy atom. The van der Waals surface area contributed by atoms with Gasteiger partial charge in [0.1, 0.15) is 0 Å². The number of nitrogens with one attached hydrogen (secondary N) is 1. The summed E-state index contributed by atoms with van der Waals surface area (Å²) in [4.78, 5) is 0. The Hall–Kier alpha value is -1.88. The van der Waals surface area contributed by atoms with Crippen LogP contribution in [0.5, 0.6) is 5.75 Å². The average molecular weight is 277 g/mol. The highest BCUT2D eigenvalue weighted by atomic mass is 19.1. The van der Waals surface area contributed by atoms with E-state index < -0.39 is 0 Å². The van der Waals surface area contributed by atoms with E-state index in [4.69, 9.17) is 4.74 Å². The number of hydrogen-bond acceptors (Lipinski definition) is 3. The quantitative estimate of drug-likeness (QED) is 0.881. The molecule has 4 nitrogen and oxygen atoms in total. The van der Waals surface area contributed by atoms with Gasteiger partial charge in [-0.15, -0.1) is 0 Å². The van der Waals surface area contributed by atoms with E-state index in [1.807, 2.05) is 24.0 Å². The van der Waals surface area contributed by atoms with E-state index in [0.29, 0.717) is 6.54 Å². The van der Waals surface area contributed by atoms with Crippen LogP contribution >= 0.6 is 0 Å². The molecule has 20 heavy (non-hydrogen) atoms. The molecule has 2 aromatic rings. The molecule has 0 radical (unpaired) electrons. The molecule has 0 amide bonds. The smallest absolute Gasteiger partial charge is 0.165 e. The van der Waals surface area contributed by atoms with Gasteiger partial charge in [0.05, 0.1) is 12.8 Å². The van der Waals surface area contributed by atoms with Crippen molar-refractivity contribution in [1.29, 1.82) is 0 Å². The highest BCUT2D eigenvalue weighted by molar-refractivity contribution is 5.29. The first-order chi connectivity index (χ1) is 9.63. The summed E-state index contributed by atoms with van der Waals surface area (Å²) in [5.74, 6) is -0.0586. The van der Waals surface area contributed by atoms with Crippen molar-refractivity contribution in [2.24, 2.45) is 7.05 Å². The summed E-state index contributed by atoms with van der Waals surface area (Å²) in [7, 11) is 3.38. The zero-order valence-corrected chi connectivity index (χ0v) is 12.1. The first-order valence-electron chi connectivity index (χ1n) is 6.68. The molecular formula is C15H20FN3O. The Kier molecular flexibility index (Phi) is 4.74. The second-order valence-electron chi connectivity index (χ2n) is 4.70. The third-order valence-electron chi connectivity index (χ3n) is 3.19. The van der Waals surface area contributed by atoms with Crippen LogP contribution in [0.25, 0.3) is 0 Å². The predicted molar refractivity (Wildman–Crippen MR) is 76.1 cm³/mol. The van der Waals surface area contributed by atoms with Crippen LogP contribution in [-0.4, -0.2) is 16.9 Å². The van der Waals surface area contributed by atoms with E-state index in [-0.39, 0.29) is 11.6 Å². The topological polar surface area (TPSA) is 39.1 Å². The van der Waals surface area contributed by atoms with Gasteiger partial charge < -0.3 is 10.1 Å². The molecule has 0 saturated carbocycles. The number of benzene rings is 1. The zero-order valence-electron chi connectivity index (χ0n) is 12.1. The van der Waals surface area contributed by atoms with Gasteiger partial charge in [0.2, 0.25) is 0 Å². The van der Waals surface area contributed by atoms with Crippen molar-refractivity contribution in [1.82, 2.24) is 15.1 Å². The van der Waals surface area contributed by atoms with Crippen molar-refractivity contribution in [3.8, 4) is 5.75 Å². The van der Waals surface area contributed by atoms with E-state index in [1.54, 1.807) is 6.07 Å². The van der Waals surface area contributed by atoms with E-state index in [9.17, 15) is 4.39 Å². The molecular weight excluding hydrogens is 257 g/mol. The van der Waals surface area contributed by atoms with Gasteiger partial charge in [-0.3, -0.25) is 4.68 Å². The Morgan fingerprint density at radius 2 is 2.15 bits per heavy atom. The van der Waals surface area contributed by atoms with Gasteiger partial charge in [-0.2, -0.15) is 5.10 Å². The maximum Gasteiger partial charge on any atom is 0.165 e. The second kappa shape index (κ2) is 6.52. The fraction of sp³-hybridized carbons (Fsp3) is 0.400. The molecule has 1 aromatic carbocycles. The molecule has 0 aliphatic rings. The van der Waals surface area contributed by atoms with E-state index >= 15 is 0 Å². The lowest BCUT2D eigenvalue weighted by atomic mass is 10.2. The molecule has 2 rings (SSSR count). The summed E-state index contributed by atoms with van der Waals surface area (Å²) < 4.78 is 20.3. The van der Waals surface area contributed by atoms with Crippen LogP contribution in [0, 0.1) is 5.82 Å². The van der Waals surface area contributed by atoms with Crippen molar-refractivity contribution < 1.29 is 9.13 Å². The Morgan fingerprint density at radius 1 is 1.35 bits per heavy atom. The third-order valence-corrected chi connectivity index (χ3v) is 3.19. The van der Waals surface area contributed by atoms with E-state index in [1.165, 1.54) is 18.7 Å². The number of hydrogen-bond donors (Lipinski definition) is 1. The standard InChI is InChI=1S/C15H20FN3O/c1-4-14-12(10-19(2)18-14)9-17-8-11-5-6-15(20-3)13(16)7-11/h5-7,10,17H,4,8-9H2,1-3H3. The molecule has 0 bridgehead atoms. The predicted octanol–water partition coefficient (Wildman–Crippen LogP) is 2.42. The fourth-order valence-corrected chi connectivity index (χ4v) is 2.19. The van der Waals surface area contributed by atoms with Crippen molar-refractivity contribution in [2.75, 3.05) is 7.11 Å². The monoisotopic (exact) mass is 277 g/mol. The van der Waals surface area contributed by atoms with Crippen LogP contribution < -0.4 is 10.1 Å². The molecule has 1 heterocycles. The molecule has 1 aromatic heterocycles. The number of rotatable bonds is 6. The molecule has 0 spiro atoms. The van der Waals surface area contributed by atoms with Crippen molar-refractivity contribution in [3.05, 3.63) is 47.0 Å². The highest BCUT2D eigenvalue weighted by Crippen LogP contribution is 2.17. The van der Waals surface area contributed by atoms with Gasteiger partial charge in [-0.1, -0.05) is 13.0 Å². The van der Waals surface area contributed by atoms with Crippen molar-refractivity contribution in [2.45, 2.75) is 26.4 Å². The first kappa shape index (κ1) is 14.5. The van der Waals surface area contributed by atoms with Crippen molar-refractivity contribution in [3.63, 3.8) is 0 Å². The molecule has 5 heteroatoms. The lowest BCUT2D eigenvalue weighted by molar-refractivity contribution is 0.386. The van der Waals surface area contributed by atoms with Gasteiger partial charge in [-0.05, 0) is 24.1 Å². The molecule has 0 unspecified atom stereocenters. The van der Waals surface area contributed by atoms with Gasteiger partial charge in [-0.25, -0.2) is 4.39 Å². The summed E-state index contributed by atoms with van der Waals surface area (Å²) in [5.41, 5.74) is 3.18. The maximum absolute atomic E-state index is 13.6. The SMILES string of the molecule is CCc1nn(C)cc1CNCc1ccc(OC)c(F)c1. The van der Waals surface area contributed by atoms with Crippen LogP contribution in [0.2, 0.25) is 0 Å². The van der Waals surface area contributed by atoms with Gasteiger partial charge in [0.15, 0.2) is 11.6 Å². The van der Waals surface area contributed by atoms with Crippen LogP contribution in [-0.2, 0) is 26.6 Å². The van der Waals surface area contributed by atoms with Gasteiger partial charge in [0.25, 0.3) is 0 Å². The number of nitrogens with zero attached hydrogens (tertiary/aromatic N) is 2. The summed E-state index contributed by atoms with van der Waals surface area (Å²) in [6.07, 6.45) is 2.93. The lowest BCUT2D eigenvalue weighted by Gasteiger charge is -2.07. The minimum Gasteiger partial charge on any atom is -0.494 e. The Balaban J connectivity index is 1.94. The molecule has 0 fully saturated rings. The maximum atomic E-state index is 13.6. The van der Waals surface area contributed by atoms with E-state index in [0.717, 1.165) is 24.2 Å².